The maximum absolute atomic E-state index is 13.2. The number of aromatic nitrogens is 2. The number of amides is 2. The molecule has 8 nitrogen and oxygen atoms in total. The van der Waals surface area contributed by atoms with E-state index >= 15 is 0 Å². The van der Waals surface area contributed by atoms with Crippen LogP contribution in [0.4, 0.5) is 15.4 Å². The summed E-state index contributed by atoms with van der Waals surface area (Å²) < 4.78 is 0.802. The number of nitrogens with two attached hydrogens (primary N) is 1. The minimum atomic E-state index is -1.22. The topological polar surface area (TPSA) is 113 Å². The SMILES string of the molecule is CCC1c2c(nn(C(=O)O)c2N)C(C)(C)N1C(=O)NC1CC1c1ccccc1. The molecule has 1 aliphatic heterocycles. The van der Waals surface area contributed by atoms with Gasteiger partial charge in [-0.2, -0.15) is 5.10 Å². The van der Waals surface area contributed by atoms with Gasteiger partial charge in [-0.15, -0.1) is 4.68 Å². The Hall–Kier alpha value is -3.03. The first-order valence-corrected chi connectivity index (χ1v) is 9.54. The minimum absolute atomic E-state index is 0.0892. The molecule has 0 bridgehead atoms. The Bertz CT molecular complexity index is 937. The highest BCUT2D eigenvalue weighted by molar-refractivity contribution is 5.80. The van der Waals surface area contributed by atoms with Crippen molar-refractivity contribution in [3.63, 3.8) is 0 Å². The smallest absolute Gasteiger partial charge is 0.434 e. The van der Waals surface area contributed by atoms with Crippen LogP contribution in [0.2, 0.25) is 0 Å². The lowest BCUT2D eigenvalue weighted by Gasteiger charge is -2.36. The number of nitrogen functional groups attached to an aromatic ring is 1. The third-order valence-electron chi connectivity index (χ3n) is 5.90. The van der Waals surface area contributed by atoms with Crippen LogP contribution in [0.3, 0.4) is 0 Å². The number of urea groups is 1. The number of fused-ring (bicyclic) bond motifs is 1. The second-order valence-electron chi connectivity index (χ2n) is 8.00. The van der Waals surface area contributed by atoms with Gasteiger partial charge in [0.05, 0.1) is 17.3 Å². The molecule has 2 amide bonds. The number of carboxylic acid groups (broad SMARTS) is 1. The highest BCUT2D eigenvalue weighted by Crippen LogP contribution is 2.50. The van der Waals surface area contributed by atoms with E-state index in [4.69, 9.17) is 5.73 Å². The molecule has 2 aliphatic rings. The molecule has 3 unspecified atom stereocenters. The van der Waals surface area contributed by atoms with Crippen LogP contribution in [0.25, 0.3) is 0 Å². The molecule has 1 aromatic carbocycles. The Kier molecular flexibility index (Phi) is 4.10. The summed E-state index contributed by atoms with van der Waals surface area (Å²) in [5, 5.41) is 16.7. The molecule has 1 aliphatic carbocycles. The third-order valence-corrected chi connectivity index (χ3v) is 5.90. The number of nitrogens with one attached hydrogen (secondary N) is 1. The summed E-state index contributed by atoms with van der Waals surface area (Å²) in [5.74, 6) is 0.422. The fraction of sp³-hybridized carbons (Fsp3) is 0.450. The lowest BCUT2D eigenvalue weighted by molar-refractivity contribution is 0.112. The highest BCUT2D eigenvalue weighted by atomic mass is 16.4. The Balaban J connectivity index is 1.58. The van der Waals surface area contributed by atoms with Gasteiger partial charge < -0.3 is 21.1 Å². The second kappa shape index (κ2) is 6.25. The normalized spacial score (nSPS) is 24.7. The van der Waals surface area contributed by atoms with Crippen LogP contribution in [0.15, 0.2) is 30.3 Å². The van der Waals surface area contributed by atoms with Gasteiger partial charge in [-0.1, -0.05) is 37.3 Å². The summed E-state index contributed by atoms with van der Waals surface area (Å²) >= 11 is 0. The Labute approximate surface area is 163 Å². The molecular weight excluding hydrogens is 358 g/mol. The van der Waals surface area contributed by atoms with Crippen molar-refractivity contribution in [2.45, 2.75) is 57.2 Å². The van der Waals surface area contributed by atoms with Crippen molar-refractivity contribution in [1.29, 1.82) is 0 Å². The monoisotopic (exact) mass is 383 g/mol. The largest absolute Gasteiger partial charge is 0.463 e. The summed E-state index contributed by atoms with van der Waals surface area (Å²) in [6.07, 6.45) is 0.308. The fourth-order valence-corrected chi connectivity index (χ4v) is 4.44. The first kappa shape index (κ1) is 18.3. The van der Waals surface area contributed by atoms with Crippen molar-refractivity contribution in [2.24, 2.45) is 0 Å². The van der Waals surface area contributed by atoms with E-state index in [2.05, 4.69) is 22.5 Å². The third kappa shape index (κ3) is 2.63. The average Bonchev–Trinajstić information content (AvgIpc) is 3.25. The van der Waals surface area contributed by atoms with Crippen LogP contribution in [0.1, 0.15) is 62.4 Å². The van der Waals surface area contributed by atoms with Crippen molar-refractivity contribution >= 4 is 17.9 Å². The van der Waals surface area contributed by atoms with Gasteiger partial charge >= 0.3 is 12.1 Å². The van der Waals surface area contributed by atoms with Gasteiger partial charge in [-0.25, -0.2) is 9.59 Å². The van der Waals surface area contributed by atoms with Crippen molar-refractivity contribution < 1.29 is 14.7 Å². The fourth-order valence-electron chi connectivity index (χ4n) is 4.44. The standard InChI is InChI=1S/C20H25N5O3/c1-4-14-15-16(23-25(17(15)21)19(27)28)20(2,3)24(14)18(26)22-13-10-12(13)11-8-6-5-7-9-11/h5-9,12-14H,4,10,21H2,1-3H3,(H,22,26)(H,27,28). The molecule has 0 radical (unpaired) electrons. The molecule has 28 heavy (non-hydrogen) atoms. The van der Waals surface area contributed by atoms with Crippen LogP contribution < -0.4 is 11.1 Å². The molecule has 3 atom stereocenters. The Morgan fingerprint density at radius 1 is 1.32 bits per heavy atom. The van der Waals surface area contributed by atoms with E-state index in [0.717, 1.165) is 11.1 Å². The lowest BCUT2D eigenvalue weighted by atomic mass is 10.0. The van der Waals surface area contributed by atoms with Gasteiger partial charge in [-0.3, -0.25) is 0 Å². The van der Waals surface area contributed by atoms with Crippen molar-refractivity contribution in [3.8, 4) is 0 Å². The van der Waals surface area contributed by atoms with Crippen molar-refractivity contribution in [3.05, 3.63) is 47.2 Å². The number of anilines is 1. The predicted octanol–water partition coefficient (Wildman–Crippen LogP) is 3.26. The number of nitrogens with zero attached hydrogens (tertiary/aromatic N) is 3. The van der Waals surface area contributed by atoms with Crippen LogP contribution in [-0.4, -0.2) is 38.0 Å². The van der Waals surface area contributed by atoms with Gasteiger partial charge in [0.2, 0.25) is 0 Å². The van der Waals surface area contributed by atoms with E-state index in [1.165, 1.54) is 5.56 Å². The molecule has 1 aromatic heterocycles. The van der Waals surface area contributed by atoms with Gasteiger partial charge in [0.25, 0.3) is 0 Å². The molecule has 2 aromatic rings. The number of hydrogen-bond donors (Lipinski definition) is 3. The molecule has 0 spiro atoms. The molecule has 4 N–H and O–H groups in total. The van der Waals surface area contributed by atoms with E-state index in [9.17, 15) is 14.7 Å². The summed E-state index contributed by atoms with van der Waals surface area (Å²) in [6.45, 7) is 5.71. The van der Waals surface area contributed by atoms with Gasteiger partial charge in [0.15, 0.2) is 0 Å². The quantitative estimate of drug-likeness (QED) is 0.753. The summed E-state index contributed by atoms with van der Waals surface area (Å²) in [7, 11) is 0. The van der Waals surface area contributed by atoms with Gasteiger partial charge in [-0.05, 0) is 32.3 Å². The maximum Gasteiger partial charge on any atom is 0.434 e. The molecular formula is C20H25N5O3. The van der Waals surface area contributed by atoms with E-state index in [0.29, 0.717) is 23.6 Å². The molecule has 1 saturated carbocycles. The summed E-state index contributed by atoms with van der Waals surface area (Å²) in [4.78, 5) is 26.3. The molecule has 0 saturated heterocycles. The minimum Gasteiger partial charge on any atom is -0.463 e. The van der Waals surface area contributed by atoms with E-state index in [1.54, 1.807) is 4.90 Å². The average molecular weight is 383 g/mol. The first-order valence-electron chi connectivity index (χ1n) is 9.54. The zero-order valence-electron chi connectivity index (χ0n) is 16.2. The zero-order chi connectivity index (χ0) is 20.2. The van der Waals surface area contributed by atoms with E-state index < -0.39 is 11.6 Å². The second-order valence-corrected chi connectivity index (χ2v) is 8.00. The van der Waals surface area contributed by atoms with Crippen LogP contribution >= 0.6 is 0 Å². The van der Waals surface area contributed by atoms with E-state index in [1.807, 2.05) is 39.0 Å². The van der Waals surface area contributed by atoms with Crippen LogP contribution in [0, 0.1) is 0 Å². The highest BCUT2D eigenvalue weighted by Gasteiger charge is 2.52. The van der Waals surface area contributed by atoms with Crippen molar-refractivity contribution in [1.82, 2.24) is 20.0 Å². The summed E-state index contributed by atoms with van der Waals surface area (Å²) in [5.41, 5.74) is 7.73. The summed E-state index contributed by atoms with van der Waals surface area (Å²) in [6, 6.07) is 9.78. The number of hydrogen-bond acceptors (Lipinski definition) is 4. The van der Waals surface area contributed by atoms with E-state index in [-0.39, 0.29) is 23.9 Å². The van der Waals surface area contributed by atoms with Gasteiger partial charge in [0.1, 0.15) is 5.82 Å². The Morgan fingerprint density at radius 2 is 2.00 bits per heavy atom. The molecule has 148 valence electrons. The zero-order valence-corrected chi connectivity index (χ0v) is 16.2. The molecule has 2 heterocycles. The molecule has 1 fully saturated rings. The number of rotatable bonds is 3. The van der Waals surface area contributed by atoms with Crippen molar-refractivity contribution in [2.75, 3.05) is 5.73 Å². The predicted molar refractivity (Wildman–Crippen MR) is 104 cm³/mol. The first-order chi connectivity index (χ1) is 13.3. The number of carbonyl (C=O) groups is 2. The Morgan fingerprint density at radius 3 is 2.61 bits per heavy atom. The lowest BCUT2D eigenvalue weighted by Crippen LogP contribution is -2.49. The molecule has 4 rings (SSSR count). The van der Waals surface area contributed by atoms with Crippen LogP contribution in [0.5, 0.6) is 0 Å². The van der Waals surface area contributed by atoms with Crippen LogP contribution in [-0.2, 0) is 5.54 Å². The molecule has 8 heteroatoms. The van der Waals surface area contributed by atoms with Gasteiger partial charge in [0, 0.05) is 17.5 Å². The number of benzene rings is 1. The number of carbonyl (C=O) groups excluding carboxylic acids is 1. The maximum atomic E-state index is 13.2.